The van der Waals surface area contributed by atoms with Crippen molar-refractivity contribution in [2.75, 3.05) is 10.2 Å². The van der Waals surface area contributed by atoms with Crippen molar-refractivity contribution in [3.63, 3.8) is 0 Å². The van der Waals surface area contributed by atoms with E-state index in [1.165, 1.54) is 53.1 Å². The predicted octanol–water partition coefficient (Wildman–Crippen LogP) is 12.4. The van der Waals surface area contributed by atoms with Crippen molar-refractivity contribution >= 4 is 70.2 Å². The van der Waals surface area contributed by atoms with E-state index in [-0.39, 0.29) is 6.17 Å². The molecule has 3 nitrogen and oxygen atoms in total. The molecule has 1 aliphatic heterocycles. The number of hydrogen-bond acceptors (Lipinski definition) is 4. The van der Waals surface area contributed by atoms with E-state index < -0.39 is 0 Å². The SMILES string of the molecule is c1ccc(C2Nc3ccccc3N2c2cccc(-c3cccc(-c4nc5ccccc5c5c4ccc4c6ccccc6sc45)c3)c2)cc1. The molecule has 226 valence electrons. The Labute approximate surface area is 282 Å². The van der Waals surface area contributed by atoms with E-state index in [4.69, 9.17) is 4.98 Å². The first-order valence-electron chi connectivity index (χ1n) is 16.3. The molecule has 1 aliphatic rings. The van der Waals surface area contributed by atoms with Gasteiger partial charge in [-0.1, -0.05) is 121 Å². The summed E-state index contributed by atoms with van der Waals surface area (Å²) in [5.74, 6) is 0. The maximum atomic E-state index is 5.31. The van der Waals surface area contributed by atoms with Gasteiger partial charge < -0.3 is 10.2 Å². The Hall–Kier alpha value is -5.97. The first-order valence-corrected chi connectivity index (χ1v) is 17.2. The lowest BCUT2D eigenvalue weighted by Gasteiger charge is -2.28. The van der Waals surface area contributed by atoms with Gasteiger partial charge in [0.1, 0.15) is 6.17 Å². The summed E-state index contributed by atoms with van der Waals surface area (Å²) in [7, 11) is 0. The van der Waals surface area contributed by atoms with E-state index in [9.17, 15) is 0 Å². The number of aromatic nitrogens is 1. The van der Waals surface area contributed by atoms with E-state index in [2.05, 4.69) is 174 Å². The van der Waals surface area contributed by atoms with E-state index in [0.717, 1.165) is 33.7 Å². The zero-order valence-corrected chi connectivity index (χ0v) is 26.8. The Morgan fingerprint density at radius 3 is 2.17 bits per heavy atom. The maximum Gasteiger partial charge on any atom is 0.130 e. The van der Waals surface area contributed by atoms with Crippen LogP contribution in [0.4, 0.5) is 17.1 Å². The molecule has 10 rings (SSSR count). The van der Waals surface area contributed by atoms with Gasteiger partial charge in [0.2, 0.25) is 0 Å². The van der Waals surface area contributed by atoms with Gasteiger partial charge in [-0.25, -0.2) is 4.98 Å². The van der Waals surface area contributed by atoms with Crippen LogP contribution >= 0.6 is 11.3 Å². The molecule has 0 bridgehead atoms. The molecule has 0 saturated heterocycles. The highest BCUT2D eigenvalue weighted by Gasteiger charge is 2.31. The van der Waals surface area contributed by atoms with Crippen LogP contribution in [0.5, 0.6) is 0 Å². The Kier molecular flexibility index (Phi) is 6.11. The van der Waals surface area contributed by atoms with Crippen molar-refractivity contribution in [1.82, 2.24) is 4.98 Å². The molecule has 3 heterocycles. The van der Waals surface area contributed by atoms with E-state index in [1.54, 1.807) is 0 Å². The van der Waals surface area contributed by atoms with Crippen LogP contribution in [0, 0.1) is 0 Å². The summed E-state index contributed by atoms with van der Waals surface area (Å²) < 4.78 is 2.64. The van der Waals surface area contributed by atoms with Crippen molar-refractivity contribution in [3.05, 3.63) is 169 Å². The zero-order chi connectivity index (χ0) is 31.6. The van der Waals surface area contributed by atoms with Crippen LogP contribution in [-0.2, 0) is 0 Å². The molecule has 0 radical (unpaired) electrons. The van der Waals surface area contributed by atoms with Crippen molar-refractivity contribution in [2.45, 2.75) is 6.17 Å². The number of para-hydroxylation sites is 3. The number of thiophene rings is 1. The molecular weight excluding hydrogens is 603 g/mol. The average Bonchev–Trinajstić information content (AvgIpc) is 3.74. The number of benzene rings is 7. The fourth-order valence-corrected chi connectivity index (χ4v) is 8.70. The van der Waals surface area contributed by atoms with E-state index in [0.29, 0.717) is 0 Å². The number of pyridine rings is 1. The summed E-state index contributed by atoms with van der Waals surface area (Å²) in [6, 6.07) is 58.9. The number of nitrogens with one attached hydrogen (secondary N) is 1. The minimum absolute atomic E-state index is 0.00378. The van der Waals surface area contributed by atoms with Gasteiger partial charge in [0, 0.05) is 47.6 Å². The van der Waals surface area contributed by atoms with Crippen LogP contribution in [-0.4, -0.2) is 4.98 Å². The first-order chi connectivity index (χ1) is 23.8. The number of hydrogen-bond donors (Lipinski definition) is 1. The maximum absolute atomic E-state index is 5.31. The van der Waals surface area contributed by atoms with E-state index in [1.807, 2.05) is 11.3 Å². The molecule has 1 unspecified atom stereocenters. The molecule has 4 heteroatoms. The van der Waals surface area contributed by atoms with Gasteiger partial charge in [-0.3, -0.25) is 0 Å². The zero-order valence-electron chi connectivity index (χ0n) is 26.0. The monoisotopic (exact) mass is 631 g/mol. The first kappa shape index (κ1) is 27.2. The molecule has 0 spiro atoms. The highest BCUT2D eigenvalue weighted by atomic mass is 32.1. The standard InChI is InChI=1S/C44H29N3S/c1-2-12-28(13-3-1)44-46-38-21-7-8-22-39(38)47(44)32-17-11-15-30(27-32)29-14-10-16-31(26-29)42-36-25-24-34-33-18-5-9-23-40(33)48-43(34)41(36)35-19-4-6-20-37(35)45-42/h1-27,44,46H. The molecule has 0 saturated carbocycles. The lowest BCUT2D eigenvalue weighted by atomic mass is 9.96. The van der Waals surface area contributed by atoms with Crippen LogP contribution in [0.25, 0.3) is 64.2 Å². The summed E-state index contributed by atoms with van der Waals surface area (Å²) in [5.41, 5.74) is 10.2. The Morgan fingerprint density at radius 1 is 0.542 bits per heavy atom. The van der Waals surface area contributed by atoms with Crippen molar-refractivity contribution < 1.29 is 0 Å². The summed E-state index contributed by atoms with van der Waals surface area (Å²) in [6.45, 7) is 0. The van der Waals surface area contributed by atoms with Gasteiger partial charge in [-0.05, 0) is 59.2 Å². The Morgan fingerprint density at radius 2 is 1.25 bits per heavy atom. The third-order valence-corrected chi connectivity index (χ3v) is 10.8. The summed E-state index contributed by atoms with van der Waals surface area (Å²) >= 11 is 1.88. The number of rotatable bonds is 4. The van der Waals surface area contributed by atoms with Crippen LogP contribution < -0.4 is 10.2 Å². The second-order valence-electron chi connectivity index (χ2n) is 12.4. The molecule has 0 aliphatic carbocycles. The minimum Gasteiger partial charge on any atom is -0.359 e. The topological polar surface area (TPSA) is 28.2 Å². The van der Waals surface area contributed by atoms with Crippen LogP contribution in [0.2, 0.25) is 0 Å². The molecular formula is C44H29N3S. The van der Waals surface area contributed by atoms with Crippen LogP contribution in [0.3, 0.4) is 0 Å². The predicted molar refractivity (Wildman–Crippen MR) is 204 cm³/mol. The highest BCUT2D eigenvalue weighted by Crippen LogP contribution is 2.47. The largest absolute Gasteiger partial charge is 0.359 e. The fraction of sp³-hybridized carbons (Fsp3) is 0.0227. The lowest BCUT2D eigenvalue weighted by Crippen LogP contribution is -2.23. The molecule has 48 heavy (non-hydrogen) atoms. The number of nitrogens with zero attached hydrogens (tertiary/aromatic N) is 2. The van der Waals surface area contributed by atoms with Crippen LogP contribution in [0.15, 0.2) is 164 Å². The molecule has 1 atom stereocenters. The molecule has 0 fully saturated rings. The van der Waals surface area contributed by atoms with Crippen LogP contribution in [0.1, 0.15) is 11.7 Å². The van der Waals surface area contributed by atoms with Gasteiger partial charge in [0.25, 0.3) is 0 Å². The molecule has 1 N–H and O–H groups in total. The van der Waals surface area contributed by atoms with Crippen molar-refractivity contribution in [1.29, 1.82) is 0 Å². The quantitative estimate of drug-likeness (QED) is 0.196. The summed E-state index contributed by atoms with van der Waals surface area (Å²) in [4.78, 5) is 7.72. The Bertz CT molecular complexity index is 2680. The molecule has 2 aromatic heterocycles. The Balaban J connectivity index is 1.12. The van der Waals surface area contributed by atoms with Crippen molar-refractivity contribution in [2.24, 2.45) is 0 Å². The summed E-state index contributed by atoms with van der Waals surface area (Å²) in [6.07, 6.45) is 0.00378. The minimum atomic E-state index is 0.00378. The van der Waals surface area contributed by atoms with Gasteiger partial charge in [-0.2, -0.15) is 0 Å². The molecule has 7 aromatic carbocycles. The number of anilines is 3. The third kappa shape index (κ3) is 4.23. The second kappa shape index (κ2) is 10.8. The smallest absolute Gasteiger partial charge is 0.130 e. The van der Waals surface area contributed by atoms with E-state index >= 15 is 0 Å². The number of fused-ring (bicyclic) bond motifs is 8. The fourth-order valence-electron chi connectivity index (χ4n) is 7.43. The normalized spacial score (nSPS) is 14.2. The van der Waals surface area contributed by atoms with Gasteiger partial charge >= 0.3 is 0 Å². The lowest BCUT2D eigenvalue weighted by molar-refractivity contribution is 0.828. The average molecular weight is 632 g/mol. The van der Waals surface area contributed by atoms with Gasteiger partial charge in [0.05, 0.1) is 22.6 Å². The summed E-state index contributed by atoms with van der Waals surface area (Å²) in [5, 5.41) is 10.1. The van der Waals surface area contributed by atoms with Gasteiger partial charge in [0.15, 0.2) is 0 Å². The van der Waals surface area contributed by atoms with Gasteiger partial charge in [-0.15, -0.1) is 11.3 Å². The second-order valence-corrected chi connectivity index (χ2v) is 13.5. The van der Waals surface area contributed by atoms with Crippen molar-refractivity contribution in [3.8, 4) is 22.4 Å². The molecule has 0 amide bonds. The highest BCUT2D eigenvalue weighted by molar-refractivity contribution is 7.26. The third-order valence-electron chi connectivity index (χ3n) is 9.63. The molecule has 9 aromatic rings.